The highest BCUT2D eigenvalue weighted by Crippen LogP contribution is 2.31. The molecular weight excluding hydrogens is 396 g/mol. The zero-order chi connectivity index (χ0) is 19.7. The molecule has 4 rings (SSSR count). The number of nitrogens with zero attached hydrogens (tertiary/aromatic N) is 3. The molecule has 1 amide bonds. The zero-order valence-corrected chi connectivity index (χ0v) is 16.6. The molecule has 0 radical (unpaired) electrons. The number of thiazole rings is 1. The van der Waals surface area contributed by atoms with Crippen molar-refractivity contribution in [2.45, 2.75) is 13.8 Å². The molecule has 4 aromatic rings. The first-order valence-electron chi connectivity index (χ1n) is 8.43. The summed E-state index contributed by atoms with van der Waals surface area (Å²) in [6, 6.07) is 13.0. The summed E-state index contributed by atoms with van der Waals surface area (Å²) in [5, 5.41) is 11.9. The number of carbonyl (C=O) groups excluding carboxylic acids is 1. The van der Waals surface area contributed by atoms with E-state index < -0.39 is 0 Å². The van der Waals surface area contributed by atoms with Crippen molar-refractivity contribution in [3.8, 4) is 22.0 Å². The summed E-state index contributed by atoms with van der Waals surface area (Å²) in [4.78, 5) is 18.0. The Morgan fingerprint density at radius 1 is 1.14 bits per heavy atom. The Labute approximate surface area is 170 Å². The number of aromatic nitrogens is 3. The summed E-state index contributed by atoms with van der Waals surface area (Å²) in [5.41, 5.74) is 3.89. The Bertz CT molecular complexity index is 1150. The first-order valence-corrected chi connectivity index (χ1v) is 9.62. The van der Waals surface area contributed by atoms with Gasteiger partial charge in [0.15, 0.2) is 0 Å². The molecule has 2 heterocycles. The van der Waals surface area contributed by atoms with E-state index in [9.17, 15) is 4.79 Å². The molecule has 0 aliphatic rings. The standard InChI is InChI=1S/C20H15ClN4O2S/c1-11-6-7-13(19-25-22-10-27-19)9-16(11)24-18(26)17-12(2)23-20(28-17)14-4-3-5-15(21)8-14/h3-10H,1-2H3,(H,24,26). The normalized spacial score (nSPS) is 10.8. The van der Waals surface area contributed by atoms with Crippen LogP contribution in [0.15, 0.2) is 53.3 Å². The van der Waals surface area contributed by atoms with E-state index in [-0.39, 0.29) is 5.91 Å². The number of amides is 1. The van der Waals surface area contributed by atoms with E-state index >= 15 is 0 Å². The molecule has 0 atom stereocenters. The molecule has 1 N–H and O–H groups in total. The van der Waals surface area contributed by atoms with Gasteiger partial charge in [-0.2, -0.15) is 0 Å². The molecule has 0 bridgehead atoms. The quantitative estimate of drug-likeness (QED) is 0.488. The molecule has 0 saturated carbocycles. The van der Waals surface area contributed by atoms with E-state index in [1.807, 2.05) is 50.2 Å². The molecule has 2 aromatic heterocycles. The fraction of sp³-hybridized carbons (Fsp3) is 0.100. The van der Waals surface area contributed by atoms with Gasteiger partial charge in [-0.3, -0.25) is 4.79 Å². The monoisotopic (exact) mass is 410 g/mol. The van der Waals surface area contributed by atoms with Crippen LogP contribution in [-0.4, -0.2) is 21.1 Å². The molecular formula is C20H15ClN4O2S. The van der Waals surface area contributed by atoms with Crippen molar-refractivity contribution in [2.75, 3.05) is 5.32 Å². The number of benzene rings is 2. The van der Waals surface area contributed by atoms with Gasteiger partial charge in [-0.1, -0.05) is 29.8 Å². The molecule has 2 aromatic carbocycles. The number of aryl methyl sites for hydroxylation is 2. The molecule has 0 fully saturated rings. The van der Waals surface area contributed by atoms with Gasteiger partial charge >= 0.3 is 0 Å². The third kappa shape index (κ3) is 3.67. The molecule has 140 valence electrons. The predicted molar refractivity (Wildman–Crippen MR) is 110 cm³/mol. The van der Waals surface area contributed by atoms with E-state index in [1.165, 1.54) is 17.7 Å². The molecule has 8 heteroatoms. The van der Waals surface area contributed by atoms with Gasteiger partial charge in [0.1, 0.15) is 9.88 Å². The Morgan fingerprint density at radius 3 is 2.75 bits per heavy atom. The predicted octanol–water partition coefficient (Wildman–Crippen LogP) is 5.38. The van der Waals surface area contributed by atoms with Crippen molar-refractivity contribution < 1.29 is 9.21 Å². The molecule has 6 nitrogen and oxygen atoms in total. The van der Waals surface area contributed by atoms with Crippen LogP contribution >= 0.6 is 22.9 Å². The van der Waals surface area contributed by atoms with Crippen LogP contribution < -0.4 is 5.32 Å². The maximum absolute atomic E-state index is 12.9. The summed E-state index contributed by atoms with van der Waals surface area (Å²) in [6.45, 7) is 3.74. The number of nitrogens with one attached hydrogen (secondary N) is 1. The fourth-order valence-electron chi connectivity index (χ4n) is 2.72. The van der Waals surface area contributed by atoms with Crippen LogP contribution in [0, 0.1) is 13.8 Å². The topological polar surface area (TPSA) is 80.9 Å². The number of anilines is 1. The fourth-order valence-corrected chi connectivity index (χ4v) is 3.87. The Hall–Kier alpha value is -3.03. The summed E-state index contributed by atoms with van der Waals surface area (Å²) in [7, 11) is 0. The van der Waals surface area contributed by atoms with Gasteiger partial charge in [-0.05, 0) is 43.7 Å². The second kappa shape index (κ2) is 7.53. The van der Waals surface area contributed by atoms with E-state index in [1.54, 1.807) is 6.07 Å². The number of rotatable bonds is 4. The van der Waals surface area contributed by atoms with Crippen molar-refractivity contribution in [3.05, 3.63) is 70.0 Å². The third-order valence-corrected chi connectivity index (χ3v) is 5.61. The zero-order valence-electron chi connectivity index (χ0n) is 15.1. The van der Waals surface area contributed by atoms with Crippen LogP contribution in [0.25, 0.3) is 22.0 Å². The molecule has 0 aliphatic heterocycles. The number of carbonyl (C=O) groups is 1. The number of hydrogen-bond donors (Lipinski definition) is 1. The number of halogens is 1. The minimum atomic E-state index is -0.214. The lowest BCUT2D eigenvalue weighted by molar-refractivity contribution is 0.102. The van der Waals surface area contributed by atoms with E-state index in [4.69, 9.17) is 16.0 Å². The Kier molecular flexibility index (Phi) is 4.93. The minimum Gasteiger partial charge on any atom is -0.423 e. The summed E-state index contributed by atoms with van der Waals surface area (Å²) in [5.74, 6) is 0.182. The first-order chi connectivity index (χ1) is 13.5. The van der Waals surface area contributed by atoms with Gasteiger partial charge in [0.2, 0.25) is 12.3 Å². The summed E-state index contributed by atoms with van der Waals surface area (Å²) < 4.78 is 5.23. The van der Waals surface area contributed by atoms with Crippen molar-refractivity contribution in [2.24, 2.45) is 0 Å². The summed E-state index contributed by atoms with van der Waals surface area (Å²) in [6.07, 6.45) is 1.27. The molecule has 0 saturated heterocycles. The van der Waals surface area contributed by atoms with Crippen LogP contribution in [0.5, 0.6) is 0 Å². The first kappa shape index (κ1) is 18.3. The average Bonchev–Trinajstić information content (AvgIpc) is 3.33. The van der Waals surface area contributed by atoms with E-state index in [2.05, 4.69) is 20.5 Å². The second-order valence-electron chi connectivity index (χ2n) is 6.17. The molecule has 0 spiro atoms. The van der Waals surface area contributed by atoms with Crippen LogP contribution in [0.1, 0.15) is 20.9 Å². The highest BCUT2D eigenvalue weighted by atomic mass is 35.5. The van der Waals surface area contributed by atoms with Gasteiger partial charge in [0.05, 0.1) is 5.69 Å². The smallest absolute Gasteiger partial charge is 0.267 e. The lowest BCUT2D eigenvalue weighted by Gasteiger charge is -2.09. The minimum absolute atomic E-state index is 0.214. The van der Waals surface area contributed by atoms with Crippen LogP contribution in [0.3, 0.4) is 0 Å². The maximum atomic E-state index is 12.9. The van der Waals surface area contributed by atoms with Gasteiger partial charge < -0.3 is 9.73 Å². The lowest BCUT2D eigenvalue weighted by Crippen LogP contribution is -2.12. The molecule has 0 aliphatic carbocycles. The van der Waals surface area contributed by atoms with Crippen molar-refractivity contribution in [1.29, 1.82) is 0 Å². The van der Waals surface area contributed by atoms with Crippen LogP contribution in [0.2, 0.25) is 5.02 Å². The Balaban J connectivity index is 1.62. The second-order valence-corrected chi connectivity index (χ2v) is 7.61. The lowest BCUT2D eigenvalue weighted by atomic mass is 10.1. The van der Waals surface area contributed by atoms with Gasteiger partial charge in [-0.25, -0.2) is 4.98 Å². The van der Waals surface area contributed by atoms with Gasteiger partial charge in [0.25, 0.3) is 5.91 Å². The van der Waals surface area contributed by atoms with Crippen molar-refractivity contribution >= 4 is 34.5 Å². The highest BCUT2D eigenvalue weighted by molar-refractivity contribution is 7.17. The summed E-state index contributed by atoms with van der Waals surface area (Å²) >= 11 is 7.40. The van der Waals surface area contributed by atoms with E-state index in [0.29, 0.717) is 27.2 Å². The average molecular weight is 411 g/mol. The Morgan fingerprint density at radius 2 is 2.00 bits per heavy atom. The highest BCUT2D eigenvalue weighted by Gasteiger charge is 2.18. The molecule has 0 unspecified atom stereocenters. The van der Waals surface area contributed by atoms with Gasteiger partial charge in [0, 0.05) is 21.8 Å². The van der Waals surface area contributed by atoms with Crippen molar-refractivity contribution in [3.63, 3.8) is 0 Å². The van der Waals surface area contributed by atoms with Crippen LogP contribution in [0.4, 0.5) is 5.69 Å². The van der Waals surface area contributed by atoms with Crippen LogP contribution in [-0.2, 0) is 0 Å². The molecule has 28 heavy (non-hydrogen) atoms. The largest absolute Gasteiger partial charge is 0.423 e. The van der Waals surface area contributed by atoms with E-state index in [0.717, 1.165) is 21.7 Å². The third-order valence-electron chi connectivity index (χ3n) is 4.17. The van der Waals surface area contributed by atoms with Crippen molar-refractivity contribution in [1.82, 2.24) is 15.2 Å². The van der Waals surface area contributed by atoms with Gasteiger partial charge in [-0.15, -0.1) is 21.5 Å². The number of hydrogen-bond acceptors (Lipinski definition) is 6. The maximum Gasteiger partial charge on any atom is 0.267 e. The SMILES string of the molecule is Cc1ccc(-c2nnco2)cc1NC(=O)c1sc(-c2cccc(Cl)c2)nc1C.